The second-order valence-electron chi connectivity index (χ2n) is 3.61. The summed E-state index contributed by atoms with van der Waals surface area (Å²) in [4.78, 5) is 12.7. The molecule has 1 atom stereocenters. The van der Waals surface area contributed by atoms with Gasteiger partial charge in [0.15, 0.2) is 0 Å². The molecule has 0 amide bonds. The zero-order valence-corrected chi connectivity index (χ0v) is 9.40. The van der Waals surface area contributed by atoms with E-state index in [1.807, 2.05) is 31.3 Å². The fourth-order valence-electron chi connectivity index (χ4n) is 1.53. The van der Waals surface area contributed by atoms with Crippen LogP contribution in [-0.4, -0.2) is 24.2 Å². The van der Waals surface area contributed by atoms with Gasteiger partial charge >= 0.3 is 5.97 Å². The number of carbonyl (C=O) groups is 1. The minimum absolute atomic E-state index is 0.502. The van der Waals surface area contributed by atoms with Crippen molar-refractivity contribution in [3.8, 4) is 0 Å². The Morgan fingerprint density at radius 2 is 2.07 bits per heavy atom. The summed E-state index contributed by atoms with van der Waals surface area (Å²) in [6.45, 7) is 3.76. The molecule has 0 aromatic heterocycles. The number of hydrogen-bond acceptors (Lipinski definition) is 2. The summed E-state index contributed by atoms with van der Waals surface area (Å²) in [5, 5.41) is 8.94. The minimum Gasteiger partial charge on any atom is -0.480 e. The molecule has 0 radical (unpaired) electrons. The highest BCUT2D eigenvalue weighted by Gasteiger charge is 2.18. The van der Waals surface area contributed by atoms with Gasteiger partial charge in [-0.05, 0) is 25.0 Å². The average molecular weight is 207 g/mol. The lowest BCUT2D eigenvalue weighted by atomic mass is 10.1. The summed E-state index contributed by atoms with van der Waals surface area (Å²) in [7, 11) is 1.81. The molecule has 3 nitrogen and oxygen atoms in total. The van der Waals surface area contributed by atoms with Crippen LogP contribution in [0, 0.1) is 0 Å². The lowest BCUT2D eigenvalue weighted by Crippen LogP contribution is -2.36. The van der Waals surface area contributed by atoms with E-state index in [-0.39, 0.29) is 0 Å². The van der Waals surface area contributed by atoms with Crippen LogP contribution in [-0.2, 0) is 11.2 Å². The maximum atomic E-state index is 10.9. The fourth-order valence-corrected chi connectivity index (χ4v) is 1.53. The van der Waals surface area contributed by atoms with Crippen molar-refractivity contribution in [2.24, 2.45) is 0 Å². The standard InChI is InChI=1S/C12H17NO2/c1-4-10-7-5-6-8-11(10)13(3)9(2)12(14)15/h5-9H,4H2,1-3H3,(H,14,15)/t9-/m1/s1. The van der Waals surface area contributed by atoms with E-state index in [1.165, 1.54) is 5.56 Å². The van der Waals surface area contributed by atoms with E-state index in [9.17, 15) is 4.79 Å². The Balaban J connectivity index is 2.99. The molecule has 1 aromatic carbocycles. The van der Waals surface area contributed by atoms with E-state index in [0.717, 1.165) is 12.1 Å². The van der Waals surface area contributed by atoms with Gasteiger partial charge in [-0.15, -0.1) is 0 Å². The molecule has 0 unspecified atom stereocenters. The Kier molecular flexibility index (Phi) is 3.72. The van der Waals surface area contributed by atoms with Gasteiger partial charge in [-0.2, -0.15) is 0 Å². The van der Waals surface area contributed by atoms with Crippen LogP contribution < -0.4 is 4.90 Å². The first-order valence-corrected chi connectivity index (χ1v) is 5.11. The van der Waals surface area contributed by atoms with Gasteiger partial charge in [0.2, 0.25) is 0 Å². The summed E-state index contributed by atoms with van der Waals surface area (Å²) in [6.07, 6.45) is 0.910. The molecule has 0 fully saturated rings. The molecule has 0 spiro atoms. The maximum Gasteiger partial charge on any atom is 0.326 e. The number of nitrogens with zero attached hydrogens (tertiary/aromatic N) is 1. The van der Waals surface area contributed by atoms with Crippen LogP contribution in [0.4, 0.5) is 5.69 Å². The van der Waals surface area contributed by atoms with Crippen LogP contribution in [0.5, 0.6) is 0 Å². The second kappa shape index (κ2) is 4.82. The van der Waals surface area contributed by atoms with Gasteiger partial charge < -0.3 is 10.0 Å². The van der Waals surface area contributed by atoms with E-state index in [2.05, 4.69) is 6.92 Å². The Bertz CT molecular complexity index is 349. The maximum absolute atomic E-state index is 10.9. The van der Waals surface area contributed by atoms with Gasteiger partial charge in [-0.3, -0.25) is 0 Å². The highest BCUT2D eigenvalue weighted by atomic mass is 16.4. The van der Waals surface area contributed by atoms with Crippen molar-refractivity contribution in [2.45, 2.75) is 26.3 Å². The van der Waals surface area contributed by atoms with Crippen LogP contribution >= 0.6 is 0 Å². The number of aryl methyl sites for hydroxylation is 1. The van der Waals surface area contributed by atoms with E-state index in [1.54, 1.807) is 11.8 Å². The summed E-state index contributed by atoms with van der Waals surface area (Å²) in [5.74, 6) is -0.802. The highest BCUT2D eigenvalue weighted by Crippen LogP contribution is 2.21. The zero-order valence-electron chi connectivity index (χ0n) is 9.40. The van der Waals surface area contributed by atoms with Crippen molar-refractivity contribution in [1.29, 1.82) is 0 Å². The number of para-hydroxylation sites is 1. The Morgan fingerprint density at radius 1 is 1.47 bits per heavy atom. The monoisotopic (exact) mass is 207 g/mol. The van der Waals surface area contributed by atoms with Crippen molar-refractivity contribution in [3.05, 3.63) is 29.8 Å². The molecule has 15 heavy (non-hydrogen) atoms. The van der Waals surface area contributed by atoms with Crippen molar-refractivity contribution < 1.29 is 9.90 Å². The molecule has 1 N–H and O–H groups in total. The average Bonchev–Trinajstić information content (AvgIpc) is 2.26. The molecule has 0 saturated heterocycles. The molecule has 0 bridgehead atoms. The summed E-state index contributed by atoms with van der Waals surface area (Å²) in [5.41, 5.74) is 2.17. The lowest BCUT2D eigenvalue weighted by Gasteiger charge is -2.25. The van der Waals surface area contributed by atoms with Crippen LogP contribution in [0.2, 0.25) is 0 Å². The van der Waals surface area contributed by atoms with Crippen molar-refractivity contribution in [3.63, 3.8) is 0 Å². The molecular formula is C12H17NO2. The van der Waals surface area contributed by atoms with Gasteiger partial charge in [0, 0.05) is 12.7 Å². The van der Waals surface area contributed by atoms with Crippen molar-refractivity contribution >= 4 is 11.7 Å². The van der Waals surface area contributed by atoms with Gasteiger partial charge in [-0.25, -0.2) is 4.79 Å². The number of rotatable bonds is 4. The molecule has 0 aliphatic rings. The van der Waals surface area contributed by atoms with Crippen LogP contribution in [0.1, 0.15) is 19.4 Å². The topological polar surface area (TPSA) is 40.5 Å². The molecule has 3 heteroatoms. The second-order valence-corrected chi connectivity index (χ2v) is 3.61. The van der Waals surface area contributed by atoms with E-state index in [4.69, 9.17) is 5.11 Å². The van der Waals surface area contributed by atoms with Gasteiger partial charge in [0.25, 0.3) is 0 Å². The molecule has 0 aliphatic heterocycles. The highest BCUT2D eigenvalue weighted by molar-refractivity contribution is 5.78. The summed E-state index contributed by atoms with van der Waals surface area (Å²) in [6, 6.07) is 7.39. The Labute approximate surface area is 90.3 Å². The first-order valence-electron chi connectivity index (χ1n) is 5.11. The van der Waals surface area contributed by atoms with Crippen LogP contribution in [0.15, 0.2) is 24.3 Å². The Hall–Kier alpha value is -1.51. The number of hydrogen-bond donors (Lipinski definition) is 1. The first-order chi connectivity index (χ1) is 7.07. The molecule has 0 saturated carbocycles. The van der Waals surface area contributed by atoms with Crippen molar-refractivity contribution in [1.82, 2.24) is 0 Å². The van der Waals surface area contributed by atoms with Gasteiger partial charge in [0.05, 0.1) is 0 Å². The van der Waals surface area contributed by atoms with E-state index in [0.29, 0.717) is 0 Å². The molecule has 1 aromatic rings. The summed E-state index contributed by atoms with van der Waals surface area (Å²) >= 11 is 0. The number of carboxylic acids is 1. The van der Waals surface area contributed by atoms with Gasteiger partial charge in [-0.1, -0.05) is 25.1 Å². The third kappa shape index (κ3) is 2.49. The molecule has 0 heterocycles. The predicted molar refractivity (Wildman–Crippen MR) is 61.3 cm³/mol. The lowest BCUT2D eigenvalue weighted by molar-refractivity contribution is -0.138. The van der Waals surface area contributed by atoms with Crippen molar-refractivity contribution in [2.75, 3.05) is 11.9 Å². The number of anilines is 1. The number of benzene rings is 1. The molecule has 1 rings (SSSR count). The predicted octanol–water partition coefficient (Wildman–Crippen LogP) is 2.16. The van der Waals surface area contributed by atoms with Crippen LogP contribution in [0.3, 0.4) is 0 Å². The zero-order chi connectivity index (χ0) is 11.4. The summed E-state index contributed by atoms with van der Waals surface area (Å²) < 4.78 is 0. The third-order valence-electron chi connectivity index (χ3n) is 2.69. The molecule has 0 aliphatic carbocycles. The first kappa shape index (κ1) is 11.6. The normalized spacial score (nSPS) is 12.2. The number of aliphatic carboxylic acids is 1. The van der Waals surface area contributed by atoms with E-state index >= 15 is 0 Å². The molecule has 82 valence electrons. The minimum atomic E-state index is -0.802. The van der Waals surface area contributed by atoms with Crippen LogP contribution in [0.25, 0.3) is 0 Å². The number of likely N-dealkylation sites (N-methyl/N-ethyl adjacent to an activating group) is 1. The quantitative estimate of drug-likeness (QED) is 0.822. The Morgan fingerprint density at radius 3 is 2.60 bits per heavy atom. The third-order valence-corrected chi connectivity index (χ3v) is 2.69. The smallest absolute Gasteiger partial charge is 0.326 e. The SMILES string of the molecule is CCc1ccccc1N(C)[C@H](C)C(=O)O. The number of carboxylic acid groups (broad SMARTS) is 1. The largest absolute Gasteiger partial charge is 0.480 e. The van der Waals surface area contributed by atoms with Gasteiger partial charge in [0.1, 0.15) is 6.04 Å². The fraction of sp³-hybridized carbons (Fsp3) is 0.417. The van der Waals surface area contributed by atoms with E-state index < -0.39 is 12.0 Å². The molecular weight excluding hydrogens is 190 g/mol.